The first-order chi connectivity index (χ1) is 7.60. The number of carbonyl (C=O) groups excluding carboxylic acids is 1. The van der Waals surface area contributed by atoms with Gasteiger partial charge in [0.1, 0.15) is 4.38 Å². The number of nitrogens with zero attached hydrogens (tertiary/aromatic N) is 1. The topological polar surface area (TPSA) is 29.4 Å². The second kappa shape index (κ2) is 6.55. The van der Waals surface area contributed by atoms with Crippen LogP contribution in [0.3, 0.4) is 0 Å². The average Bonchev–Trinajstić information content (AvgIpc) is 2.25. The minimum Gasteiger partial charge on any atom is -0.267 e. The highest BCUT2D eigenvalue weighted by Crippen LogP contribution is 2.25. The van der Waals surface area contributed by atoms with Gasteiger partial charge in [0.05, 0.1) is 15.6 Å². The zero-order chi connectivity index (χ0) is 12.1. The van der Waals surface area contributed by atoms with Crippen LogP contribution in [0.25, 0.3) is 0 Å². The number of rotatable bonds is 1. The molecule has 0 N–H and O–H groups in total. The molecule has 0 aliphatic heterocycles. The molecule has 2 nitrogen and oxygen atoms in total. The van der Waals surface area contributed by atoms with Crippen LogP contribution >= 0.6 is 46.7 Å². The second-order valence-corrected chi connectivity index (χ2v) is 5.35. The van der Waals surface area contributed by atoms with Gasteiger partial charge in [0.2, 0.25) is 0 Å². The Morgan fingerprint density at radius 3 is 2.12 bits per heavy atom. The summed E-state index contributed by atoms with van der Waals surface area (Å²) in [5, 5.41) is 0.644. The number of amides is 1. The quantitative estimate of drug-likeness (QED) is 0.574. The van der Waals surface area contributed by atoms with Gasteiger partial charge >= 0.3 is 0 Å². The molecule has 1 amide bonds. The van der Waals surface area contributed by atoms with Crippen molar-refractivity contribution >= 4 is 57.0 Å². The normalized spacial score (nSPS) is 10.0. The summed E-state index contributed by atoms with van der Waals surface area (Å²) < 4.78 is 0.681. The minimum atomic E-state index is -0.408. The lowest BCUT2D eigenvalue weighted by atomic mass is 10.2. The molecule has 1 aromatic rings. The molecule has 0 aliphatic rings. The molecule has 0 atom stereocenters. The van der Waals surface area contributed by atoms with Crippen molar-refractivity contribution in [2.75, 3.05) is 12.5 Å². The fraction of sp³-hybridized carbons (Fsp3) is 0.200. The SMILES string of the molecule is CSC(=NC(=O)c1c(Cl)cccc1Cl)SC. The van der Waals surface area contributed by atoms with Crippen molar-refractivity contribution in [3.05, 3.63) is 33.8 Å². The van der Waals surface area contributed by atoms with Crippen molar-refractivity contribution in [2.45, 2.75) is 0 Å². The summed E-state index contributed by atoms with van der Waals surface area (Å²) in [6, 6.07) is 4.93. The van der Waals surface area contributed by atoms with E-state index in [0.29, 0.717) is 14.4 Å². The molecule has 16 heavy (non-hydrogen) atoms. The zero-order valence-corrected chi connectivity index (χ0v) is 11.8. The molecule has 0 radical (unpaired) electrons. The molecule has 0 aliphatic carbocycles. The van der Waals surface area contributed by atoms with Crippen molar-refractivity contribution in [1.29, 1.82) is 0 Å². The van der Waals surface area contributed by atoms with Gasteiger partial charge in [-0.2, -0.15) is 4.99 Å². The van der Waals surface area contributed by atoms with E-state index in [2.05, 4.69) is 4.99 Å². The number of benzene rings is 1. The second-order valence-electron chi connectivity index (χ2n) is 2.69. The highest BCUT2D eigenvalue weighted by Gasteiger charge is 2.14. The Labute approximate surface area is 113 Å². The van der Waals surface area contributed by atoms with Crippen LogP contribution in [0.2, 0.25) is 10.0 Å². The van der Waals surface area contributed by atoms with E-state index in [-0.39, 0.29) is 5.56 Å². The molecule has 0 unspecified atom stereocenters. The van der Waals surface area contributed by atoms with Crippen molar-refractivity contribution in [3.8, 4) is 0 Å². The maximum absolute atomic E-state index is 11.8. The molecular formula is C10H9Cl2NOS2. The monoisotopic (exact) mass is 293 g/mol. The predicted molar refractivity (Wildman–Crippen MR) is 75.3 cm³/mol. The summed E-state index contributed by atoms with van der Waals surface area (Å²) in [6.07, 6.45) is 3.72. The van der Waals surface area contributed by atoms with Crippen molar-refractivity contribution in [2.24, 2.45) is 4.99 Å². The summed E-state index contributed by atoms with van der Waals surface area (Å²) in [7, 11) is 0. The highest BCUT2D eigenvalue weighted by atomic mass is 35.5. The van der Waals surface area contributed by atoms with Crippen molar-refractivity contribution in [3.63, 3.8) is 0 Å². The van der Waals surface area contributed by atoms with Gasteiger partial charge in [-0.25, -0.2) is 0 Å². The van der Waals surface area contributed by atoms with E-state index in [9.17, 15) is 4.79 Å². The van der Waals surface area contributed by atoms with Crippen LogP contribution in [0, 0.1) is 0 Å². The molecule has 0 bridgehead atoms. The number of hydrogen-bond donors (Lipinski definition) is 0. The molecule has 86 valence electrons. The molecule has 1 aromatic carbocycles. The number of carbonyl (C=O) groups is 1. The maximum atomic E-state index is 11.8. The largest absolute Gasteiger partial charge is 0.281 e. The van der Waals surface area contributed by atoms with E-state index in [1.54, 1.807) is 18.2 Å². The van der Waals surface area contributed by atoms with Gasteiger partial charge in [-0.15, -0.1) is 23.5 Å². The first-order valence-corrected chi connectivity index (χ1v) is 7.45. The van der Waals surface area contributed by atoms with Crippen LogP contribution in [0.1, 0.15) is 10.4 Å². The van der Waals surface area contributed by atoms with E-state index >= 15 is 0 Å². The zero-order valence-electron chi connectivity index (χ0n) is 8.66. The fourth-order valence-electron chi connectivity index (χ4n) is 1.02. The Kier molecular flexibility index (Phi) is 5.69. The third-order valence-corrected chi connectivity index (χ3v) is 4.23. The Hall–Kier alpha value is -0.160. The van der Waals surface area contributed by atoms with Crippen LogP contribution in [0.15, 0.2) is 23.2 Å². The van der Waals surface area contributed by atoms with Crippen LogP contribution in [-0.2, 0) is 0 Å². The third kappa shape index (κ3) is 3.42. The fourth-order valence-corrected chi connectivity index (χ4v) is 2.59. The number of halogens is 2. The minimum absolute atomic E-state index is 0.256. The molecule has 0 aromatic heterocycles. The van der Waals surface area contributed by atoms with Crippen LogP contribution in [-0.4, -0.2) is 22.8 Å². The van der Waals surface area contributed by atoms with Gasteiger partial charge in [-0.05, 0) is 24.6 Å². The third-order valence-electron chi connectivity index (χ3n) is 1.72. The maximum Gasteiger partial charge on any atom is 0.281 e. The van der Waals surface area contributed by atoms with E-state index < -0.39 is 5.91 Å². The molecule has 0 fully saturated rings. The summed E-state index contributed by atoms with van der Waals surface area (Å²) in [6.45, 7) is 0. The van der Waals surface area contributed by atoms with Crippen LogP contribution in [0.5, 0.6) is 0 Å². The number of aliphatic imine (C=N–C) groups is 1. The molecule has 0 saturated carbocycles. The summed E-state index contributed by atoms with van der Waals surface area (Å²) in [5.74, 6) is -0.408. The molecule has 0 saturated heterocycles. The average molecular weight is 294 g/mol. The smallest absolute Gasteiger partial charge is 0.267 e. The van der Waals surface area contributed by atoms with Crippen LogP contribution < -0.4 is 0 Å². The lowest BCUT2D eigenvalue weighted by Crippen LogP contribution is -2.00. The first kappa shape index (κ1) is 13.9. The Bertz CT molecular complexity index is 409. The predicted octanol–water partition coefficient (Wildman–Crippen LogP) is 4.22. The number of thioether (sulfide) groups is 2. The summed E-state index contributed by atoms with van der Waals surface area (Å²) >= 11 is 14.6. The molecular weight excluding hydrogens is 285 g/mol. The van der Waals surface area contributed by atoms with Crippen LogP contribution in [0.4, 0.5) is 0 Å². The van der Waals surface area contributed by atoms with E-state index in [4.69, 9.17) is 23.2 Å². The van der Waals surface area contributed by atoms with Crippen molar-refractivity contribution in [1.82, 2.24) is 0 Å². The van der Waals surface area contributed by atoms with Gasteiger partial charge in [0.25, 0.3) is 5.91 Å². The lowest BCUT2D eigenvalue weighted by Gasteiger charge is -2.03. The number of hydrogen-bond acceptors (Lipinski definition) is 3. The standard InChI is InChI=1S/C10H9Cl2NOS2/c1-15-10(16-2)13-9(14)8-6(11)4-3-5-7(8)12/h3-5H,1-2H3. The van der Waals surface area contributed by atoms with Gasteiger partial charge in [-0.3, -0.25) is 4.79 Å². The molecule has 0 spiro atoms. The first-order valence-electron chi connectivity index (χ1n) is 4.25. The van der Waals surface area contributed by atoms with Gasteiger partial charge in [0.15, 0.2) is 0 Å². The van der Waals surface area contributed by atoms with Crippen molar-refractivity contribution < 1.29 is 4.79 Å². The van der Waals surface area contributed by atoms with E-state index in [1.807, 2.05) is 12.5 Å². The molecule has 6 heteroatoms. The van der Waals surface area contributed by atoms with E-state index in [0.717, 1.165) is 0 Å². The summed E-state index contributed by atoms with van der Waals surface area (Å²) in [4.78, 5) is 15.8. The Morgan fingerprint density at radius 1 is 1.19 bits per heavy atom. The Balaban J connectivity index is 3.10. The summed E-state index contributed by atoms with van der Waals surface area (Å²) in [5.41, 5.74) is 0.256. The molecule has 0 heterocycles. The highest BCUT2D eigenvalue weighted by molar-refractivity contribution is 8.38. The van der Waals surface area contributed by atoms with Gasteiger partial charge in [0, 0.05) is 0 Å². The van der Waals surface area contributed by atoms with Gasteiger partial charge < -0.3 is 0 Å². The van der Waals surface area contributed by atoms with E-state index in [1.165, 1.54) is 23.5 Å². The van der Waals surface area contributed by atoms with Gasteiger partial charge in [-0.1, -0.05) is 29.3 Å². The molecule has 1 rings (SSSR count). The lowest BCUT2D eigenvalue weighted by molar-refractivity contribution is 0.100. The Morgan fingerprint density at radius 2 is 1.69 bits per heavy atom.